The molecule has 6 aliphatic rings. The second kappa shape index (κ2) is 16.1. The van der Waals surface area contributed by atoms with Crippen LogP contribution in [0.4, 0.5) is 17.5 Å². The third-order valence-electron chi connectivity index (χ3n) is 13.5. The molecule has 6 heterocycles. The molecule has 67 heavy (non-hydrogen) atoms. The molecule has 3 aliphatic heterocycles. The lowest BCUT2D eigenvalue weighted by molar-refractivity contribution is -0.121. The Morgan fingerprint density at radius 1 is 0.537 bits per heavy atom. The Balaban J connectivity index is 0.000000125. The first kappa shape index (κ1) is 44.1. The van der Waals surface area contributed by atoms with E-state index in [0.29, 0.717) is 61.5 Å². The number of carbonyl (C=O) groups is 6. The van der Waals surface area contributed by atoms with Crippen molar-refractivity contribution in [1.82, 2.24) is 15.0 Å². The molecule has 6 aromatic rings. The predicted molar refractivity (Wildman–Crippen MR) is 245 cm³/mol. The molecule has 3 aliphatic carbocycles. The molecular formula is C50H38BrN7O9. The standard InChI is InChI=1S/C17H11N3O3.C16H11BrN2O3.C16H12N2O3.CH4/c18-7-9-3-13-14(19-8-9)20-16(23)17(13)5-11-2-1-10(15(21)22)4-12(11)6-17;17-11-4-12-13(18-7-11)19-15(22)16(12)5-9-2-1-8(14(20)21)3-10(9)6-16;19-14(20)9-3-4-10-7-16(8-11(10)6-9)12-2-1-5-17-13(12)18-15(16)21;/h1-4,8H,5-6H2,(H,21,22)(H,19,20,23);1-4,7H,5-6H2,(H,20,21)(H,18,19,22);1-6H,7-8H2,(H,19,20)(H,17,18,21);1H4/t17-;2*16-;/m111./s1. The zero-order chi connectivity index (χ0) is 46.3. The number of benzene rings is 3. The maximum absolute atomic E-state index is 12.6. The minimum atomic E-state index is -0.988. The number of nitriles is 1. The number of hydrogen-bond acceptors (Lipinski definition) is 10. The number of fused-ring (bicyclic) bond motifs is 9. The molecule has 0 unspecified atom stereocenters. The molecule has 0 bridgehead atoms. The van der Waals surface area contributed by atoms with Crippen LogP contribution in [0.1, 0.15) is 94.1 Å². The fourth-order valence-corrected chi connectivity index (χ4v) is 10.6. The van der Waals surface area contributed by atoms with Gasteiger partial charge in [0.25, 0.3) is 0 Å². The first-order valence-electron chi connectivity index (χ1n) is 20.6. The van der Waals surface area contributed by atoms with Gasteiger partial charge in [-0.05, 0) is 142 Å². The van der Waals surface area contributed by atoms with Crippen molar-refractivity contribution >= 4 is 69.0 Å². The van der Waals surface area contributed by atoms with Crippen LogP contribution >= 0.6 is 15.9 Å². The highest BCUT2D eigenvalue weighted by atomic mass is 79.9. The molecule has 17 heteroatoms. The summed E-state index contributed by atoms with van der Waals surface area (Å²) in [5.41, 5.74) is 7.24. The van der Waals surface area contributed by atoms with Gasteiger partial charge in [0.15, 0.2) is 0 Å². The Hall–Kier alpha value is -8.10. The number of hydrogen-bond donors (Lipinski definition) is 6. The molecule has 3 atom stereocenters. The summed E-state index contributed by atoms with van der Waals surface area (Å²) < 4.78 is 0.823. The van der Waals surface area contributed by atoms with Crippen molar-refractivity contribution in [2.75, 3.05) is 16.0 Å². The van der Waals surface area contributed by atoms with Crippen LogP contribution in [0.5, 0.6) is 0 Å². The van der Waals surface area contributed by atoms with E-state index >= 15 is 0 Å². The van der Waals surface area contributed by atoms with E-state index in [4.69, 9.17) is 20.6 Å². The van der Waals surface area contributed by atoms with E-state index in [-0.39, 0.29) is 41.8 Å². The number of aromatic nitrogens is 3. The third kappa shape index (κ3) is 7.08. The lowest BCUT2D eigenvalue weighted by Crippen LogP contribution is -2.35. The van der Waals surface area contributed by atoms with Crippen molar-refractivity contribution in [3.05, 3.63) is 174 Å². The number of carbonyl (C=O) groups excluding carboxylic acids is 3. The van der Waals surface area contributed by atoms with Gasteiger partial charge in [-0.15, -0.1) is 0 Å². The number of nitrogens with zero attached hydrogens (tertiary/aromatic N) is 4. The zero-order valence-electron chi connectivity index (χ0n) is 34.4. The Morgan fingerprint density at radius 3 is 1.36 bits per heavy atom. The van der Waals surface area contributed by atoms with Crippen molar-refractivity contribution < 1.29 is 44.1 Å². The van der Waals surface area contributed by atoms with E-state index in [0.717, 1.165) is 54.5 Å². The summed E-state index contributed by atoms with van der Waals surface area (Å²) in [5, 5.41) is 44.9. The van der Waals surface area contributed by atoms with Gasteiger partial charge >= 0.3 is 17.9 Å². The second-order valence-electron chi connectivity index (χ2n) is 17.2. The fourth-order valence-electron chi connectivity index (χ4n) is 10.3. The Morgan fingerprint density at radius 2 is 0.925 bits per heavy atom. The summed E-state index contributed by atoms with van der Waals surface area (Å²) in [6.07, 6.45) is 7.82. The van der Waals surface area contributed by atoms with Crippen molar-refractivity contribution in [3.63, 3.8) is 0 Å². The second-order valence-corrected chi connectivity index (χ2v) is 18.1. The molecule has 0 saturated carbocycles. The van der Waals surface area contributed by atoms with Crippen LogP contribution < -0.4 is 16.0 Å². The molecule has 3 amide bonds. The van der Waals surface area contributed by atoms with Gasteiger partial charge in [0, 0.05) is 39.8 Å². The van der Waals surface area contributed by atoms with Crippen LogP contribution in [0, 0.1) is 11.3 Å². The van der Waals surface area contributed by atoms with Gasteiger partial charge in [0.1, 0.15) is 23.5 Å². The van der Waals surface area contributed by atoms with Crippen LogP contribution in [-0.4, -0.2) is 65.9 Å². The third-order valence-corrected chi connectivity index (χ3v) is 14.0. The number of halogens is 1. The molecule has 12 rings (SSSR count). The summed E-state index contributed by atoms with van der Waals surface area (Å²) in [6, 6.07) is 24.5. The number of pyridine rings is 3. The minimum Gasteiger partial charge on any atom is -0.478 e. The highest BCUT2D eigenvalue weighted by Gasteiger charge is 2.53. The molecule has 6 N–H and O–H groups in total. The summed E-state index contributed by atoms with van der Waals surface area (Å²) in [7, 11) is 0. The van der Waals surface area contributed by atoms with Gasteiger partial charge in [-0.3, -0.25) is 14.4 Å². The van der Waals surface area contributed by atoms with Gasteiger partial charge in [-0.25, -0.2) is 29.3 Å². The molecule has 16 nitrogen and oxygen atoms in total. The van der Waals surface area contributed by atoms with Crippen molar-refractivity contribution in [1.29, 1.82) is 5.26 Å². The quantitative estimate of drug-likeness (QED) is 0.110. The predicted octanol–water partition coefficient (Wildman–Crippen LogP) is 6.58. The van der Waals surface area contributed by atoms with E-state index in [1.54, 1.807) is 60.9 Å². The molecule has 3 aromatic carbocycles. The number of anilines is 3. The number of amides is 3. The lowest BCUT2D eigenvalue weighted by Gasteiger charge is -2.20. The maximum atomic E-state index is 12.6. The Kier molecular flexibility index (Phi) is 10.6. The number of nitrogens with one attached hydrogen (secondary N) is 3. The normalized spacial score (nSPS) is 21.1. The molecule has 0 radical (unpaired) electrons. The number of rotatable bonds is 3. The molecular weight excluding hydrogens is 922 g/mol. The van der Waals surface area contributed by atoms with Crippen molar-refractivity contribution in [3.8, 4) is 6.07 Å². The van der Waals surface area contributed by atoms with Crippen molar-refractivity contribution in [2.24, 2.45) is 0 Å². The largest absolute Gasteiger partial charge is 0.478 e. The van der Waals surface area contributed by atoms with Crippen LogP contribution in [-0.2, 0) is 69.2 Å². The smallest absolute Gasteiger partial charge is 0.335 e. The van der Waals surface area contributed by atoms with Crippen LogP contribution in [0.2, 0.25) is 0 Å². The Bertz CT molecular complexity index is 3260. The van der Waals surface area contributed by atoms with Gasteiger partial charge < -0.3 is 31.3 Å². The van der Waals surface area contributed by atoms with Gasteiger partial charge in [0.2, 0.25) is 17.7 Å². The average Bonchev–Trinajstić information content (AvgIpc) is 4.14. The number of aromatic carboxylic acids is 3. The molecule has 3 aromatic heterocycles. The summed E-state index contributed by atoms with van der Waals surface area (Å²) in [4.78, 5) is 83.6. The first-order chi connectivity index (χ1) is 31.6. The SMILES string of the molecule is C.N#Cc1cnc2c(c1)[C@]1(Cc3ccc(C(=O)O)cc3C1)C(=O)N2.O=C(O)c1ccc2c(c1)C[C@@]1(C2)C(=O)Nc2ncc(Br)cc21.O=C(O)c1ccc2c(c1)C[C@@]1(C2)C(=O)Nc2ncccc21. The van der Waals surface area contributed by atoms with Crippen LogP contribution in [0.15, 0.2) is 102 Å². The summed E-state index contributed by atoms with van der Waals surface area (Å²) in [5.74, 6) is -1.46. The Labute approximate surface area is 390 Å². The van der Waals surface area contributed by atoms with E-state index in [2.05, 4.69) is 46.8 Å². The minimum absolute atomic E-state index is 0. The highest BCUT2D eigenvalue weighted by molar-refractivity contribution is 9.10. The van der Waals surface area contributed by atoms with Gasteiger partial charge in [-0.1, -0.05) is 31.7 Å². The molecule has 0 fully saturated rings. The maximum Gasteiger partial charge on any atom is 0.335 e. The fraction of sp³-hybridized carbons (Fsp3) is 0.200. The highest BCUT2D eigenvalue weighted by Crippen LogP contribution is 2.49. The van der Waals surface area contributed by atoms with E-state index < -0.39 is 34.2 Å². The lowest BCUT2D eigenvalue weighted by atomic mass is 9.79. The monoisotopic (exact) mass is 959 g/mol. The van der Waals surface area contributed by atoms with Crippen LogP contribution in [0.25, 0.3) is 0 Å². The van der Waals surface area contributed by atoms with E-state index in [1.165, 1.54) is 6.20 Å². The topological polar surface area (TPSA) is 262 Å². The number of carboxylic acids is 3. The average molecular weight is 961 g/mol. The van der Waals surface area contributed by atoms with E-state index in [1.807, 2.05) is 36.4 Å². The summed E-state index contributed by atoms with van der Waals surface area (Å²) in [6.45, 7) is 0. The molecule has 3 spiro atoms. The zero-order valence-corrected chi connectivity index (χ0v) is 36.0. The van der Waals surface area contributed by atoms with Gasteiger partial charge in [-0.2, -0.15) is 5.26 Å². The molecule has 0 saturated heterocycles. The molecule has 334 valence electrons. The van der Waals surface area contributed by atoms with Crippen LogP contribution in [0.3, 0.4) is 0 Å². The number of carboxylic acid groups (broad SMARTS) is 3. The first-order valence-corrected chi connectivity index (χ1v) is 21.4. The van der Waals surface area contributed by atoms with Crippen molar-refractivity contribution in [2.45, 2.75) is 62.2 Å². The van der Waals surface area contributed by atoms with Gasteiger partial charge in [0.05, 0.1) is 38.5 Å². The summed E-state index contributed by atoms with van der Waals surface area (Å²) >= 11 is 3.40. The van der Waals surface area contributed by atoms with E-state index in [9.17, 15) is 28.8 Å².